The SMILES string of the molecule is NN1CCC(F)(CO)CC1. The van der Waals surface area contributed by atoms with Gasteiger partial charge in [-0.2, -0.15) is 0 Å². The third-order valence-corrected chi connectivity index (χ3v) is 1.98. The number of nitrogens with zero attached hydrogens (tertiary/aromatic N) is 1. The minimum absolute atomic E-state index is 0.347. The van der Waals surface area contributed by atoms with Gasteiger partial charge in [-0.25, -0.2) is 9.40 Å². The van der Waals surface area contributed by atoms with Gasteiger partial charge in [0, 0.05) is 13.1 Å². The molecule has 0 bridgehead atoms. The molecule has 0 aromatic heterocycles. The number of hydrazine groups is 1. The Labute approximate surface area is 59.6 Å². The van der Waals surface area contributed by atoms with E-state index in [-0.39, 0.29) is 6.61 Å². The Kier molecular flexibility index (Phi) is 2.23. The lowest BCUT2D eigenvalue weighted by Gasteiger charge is -2.32. The summed E-state index contributed by atoms with van der Waals surface area (Å²) in [5, 5.41) is 10.2. The molecule has 1 aliphatic rings. The highest BCUT2D eigenvalue weighted by Crippen LogP contribution is 2.23. The minimum Gasteiger partial charge on any atom is -0.393 e. The molecule has 0 atom stereocenters. The number of rotatable bonds is 1. The Morgan fingerprint density at radius 1 is 1.50 bits per heavy atom. The van der Waals surface area contributed by atoms with Crippen LogP contribution in [0.3, 0.4) is 0 Å². The second kappa shape index (κ2) is 2.82. The first-order chi connectivity index (χ1) is 4.66. The van der Waals surface area contributed by atoms with Gasteiger partial charge in [0.2, 0.25) is 0 Å². The molecule has 1 saturated heterocycles. The predicted octanol–water partition coefficient (Wildman–Crippen LogP) is -0.344. The zero-order valence-corrected chi connectivity index (χ0v) is 5.89. The van der Waals surface area contributed by atoms with Crippen LogP contribution in [0.5, 0.6) is 0 Å². The van der Waals surface area contributed by atoms with E-state index in [9.17, 15) is 4.39 Å². The number of aliphatic hydroxyl groups is 1. The first-order valence-electron chi connectivity index (χ1n) is 3.46. The second-order valence-corrected chi connectivity index (χ2v) is 2.84. The number of hydrogen-bond donors (Lipinski definition) is 2. The molecule has 1 heterocycles. The zero-order valence-electron chi connectivity index (χ0n) is 5.89. The van der Waals surface area contributed by atoms with Crippen LogP contribution >= 0.6 is 0 Å². The fraction of sp³-hybridized carbons (Fsp3) is 1.00. The maximum absolute atomic E-state index is 13.1. The van der Waals surface area contributed by atoms with Crippen LogP contribution in [0.25, 0.3) is 0 Å². The van der Waals surface area contributed by atoms with Gasteiger partial charge in [-0.15, -0.1) is 0 Å². The number of alkyl halides is 1. The molecule has 0 saturated carbocycles. The Balaban J connectivity index is 2.38. The van der Waals surface area contributed by atoms with Gasteiger partial charge < -0.3 is 5.11 Å². The molecule has 0 amide bonds. The van der Waals surface area contributed by atoms with Crippen molar-refractivity contribution >= 4 is 0 Å². The molecular weight excluding hydrogens is 135 g/mol. The molecule has 0 aliphatic carbocycles. The highest BCUT2D eigenvalue weighted by Gasteiger charge is 2.32. The van der Waals surface area contributed by atoms with Crippen LogP contribution in [0.1, 0.15) is 12.8 Å². The van der Waals surface area contributed by atoms with Crippen molar-refractivity contribution in [1.82, 2.24) is 5.01 Å². The Morgan fingerprint density at radius 2 is 2.00 bits per heavy atom. The van der Waals surface area contributed by atoms with Gasteiger partial charge >= 0.3 is 0 Å². The third-order valence-electron chi connectivity index (χ3n) is 1.98. The highest BCUT2D eigenvalue weighted by molar-refractivity contribution is 4.83. The maximum atomic E-state index is 13.1. The lowest BCUT2D eigenvalue weighted by molar-refractivity contribution is 0.00863. The van der Waals surface area contributed by atoms with Crippen molar-refractivity contribution < 1.29 is 9.50 Å². The fourth-order valence-corrected chi connectivity index (χ4v) is 1.08. The van der Waals surface area contributed by atoms with E-state index in [4.69, 9.17) is 10.9 Å². The quantitative estimate of drug-likeness (QED) is 0.500. The molecule has 1 fully saturated rings. The van der Waals surface area contributed by atoms with Crippen molar-refractivity contribution in [3.63, 3.8) is 0 Å². The van der Waals surface area contributed by atoms with Crippen LogP contribution in [0, 0.1) is 0 Å². The van der Waals surface area contributed by atoms with Gasteiger partial charge in [-0.3, -0.25) is 5.84 Å². The molecular formula is C6H13FN2O. The number of hydrogen-bond acceptors (Lipinski definition) is 3. The summed E-state index contributed by atoms with van der Waals surface area (Å²) in [7, 11) is 0. The summed E-state index contributed by atoms with van der Waals surface area (Å²) in [5.74, 6) is 5.40. The van der Waals surface area contributed by atoms with E-state index in [0.717, 1.165) is 0 Å². The Bertz CT molecular complexity index is 112. The van der Waals surface area contributed by atoms with Crippen molar-refractivity contribution in [2.24, 2.45) is 5.84 Å². The smallest absolute Gasteiger partial charge is 0.136 e. The van der Waals surface area contributed by atoms with Gasteiger partial charge in [-0.1, -0.05) is 0 Å². The number of piperidine rings is 1. The van der Waals surface area contributed by atoms with E-state index in [0.29, 0.717) is 25.9 Å². The van der Waals surface area contributed by atoms with Gasteiger partial charge in [0.25, 0.3) is 0 Å². The summed E-state index contributed by atoms with van der Waals surface area (Å²) in [6.07, 6.45) is 0.694. The highest BCUT2D eigenvalue weighted by atomic mass is 19.1. The topological polar surface area (TPSA) is 49.5 Å². The fourth-order valence-electron chi connectivity index (χ4n) is 1.08. The first kappa shape index (κ1) is 7.91. The van der Waals surface area contributed by atoms with Gasteiger partial charge in [-0.05, 0) is 12.8 Å². The van der Waals surface area contributed by atoms with Crippen molar-refractivity contribution in [2.45, 2.75) is 18.5 Å². The molecule has 10 heavy (non-hydrogen) atoms. The number of halogens is 1. The molecule has 0 aromatic rings. The zero-order chi connectivity index (χ0) is 7.61. The van der Waals surface area contributed by atoms with Crippen LogP contribution in [0.2, 0.25) is 0 Å². The summed E-state index contributed by atoms with van der Waals surface area (Å²) >= 11 is 0. The molecule has 4 heteroatoms. The van der Waals surface area contributed by atoms with Crippen molar-refractivity contribution in [1.29, 1.82) is 0 Å². The predicted molar refractivity (Wildman–Crippen MR) is 35.9 cm³/mol. The van der Waals surface area contributed by atoms with Crippen LogP contribution in [-0.4, -0.2) is 35.5 Å². The molecule has 60 valence electrons. The lowest BCUT2D eigenvalue weighted by Crippen LogP contribution is -2.46. The maximum Gasteiger partial charge on any atom is 0.136 e. The van der Waals surface area contributed by atoms with Crippen molar-refractivity contribution in [3.05, 3.63) is 0 Å². The molecule has 0 radical (unpaired) electrons. The van der Waals surface area contributed by atoms with Gasteiger partial charge in [0.15, 0.2) is 0 Å². The molecule has 0 spiro atoms. The summed E-state index contributed by atoms with van der Waals surface area (Å²) in [4.78, 5) is 0. The lowest BCUT2D eigenvalue weighted by atomic mass is 9.95. The van der Waals surface area contributed by atoms with Crippen LogP contribution < -0.4 is 5.84 Å². The molecule has 0 unspecified atom stereocenters. The molecule has 0 aromatic carbocycles. The molecule has 1 aliphatic heterocycles. The van der Waals surface area contributed by atoms with E-state index in [1.807, 2.05) is 0 Å². The average molecular weight is 148 g/mol. The van der Waals surface area contributed by atoms with E-state index in [1.165, 1.54) is 0 Å². The van der Waals surface area contributed by atoms with Gasteiger partial charge in [0.05, 0.1) is 6.61 Å². The van der Waals surface area contributed by atoms with Crippen LogP contribution in [0.4, 0.5) is 4.39 Å². The largest absolute Gasteiger partial charge is 0.393 e. The third kappa shape index (κ3) is 1.65. The first-order valence-corrected chi connectivity index (χ1v) is 3.46. The summed E-state index contributed by atoms with van der Waals surface area (Å²) in [6, 6.07) is 0. The van der Waals surface area contributed by atoms with Crippen LogP contribution in [-0.2, 0) is 0 Å². The van der Waals surface area contributed by atoms with E-state index < -0.39 is 5.67 Å². The summed E-state index contributed by atoms with van der Waals surface area (Å²) in [6.45, 7) is 0.703. The van der Waals surface area contributed by atoms with Crippen molar-refractivity contribution in [3.8, 4) is 0 Å². The molecule has 1 rings (SSSR count). The Hall–Kier alpha value is -0.190. The van der Waals surface area contributed by atoms with Crippen molar-refractivity contribution in [2.75, 3.05) is 19.7 Å². The summed E-state index contributed by atoms with van der Waals surface area (Å²) < 4.78 is 13.1. The number of nitrogens with two attached hydrogens (primary N) is 1. The number of aliphatic hydroxyl groups excluding tert-OH is 1. The monoisotopic (exact) mass is 148 g/mol. The van der Waals surface area contributed by atoms with E-state index in [1.54, 1.807) is 5.01 Å². The standard InChI is InChI=1S/C6H13FN2O/c7-6(5-10)1-3-9(8)4-2-6/h10H,1-5,8H2. The van der Waals surface area contributed by atoms with Crippen LogP contribution in [0.15, 0.2) is 0 Å². The molecule has 3 N–H and O–H groups in total. The van der Waals surface area contributed by atoms with E-state index >= 15 is 0 Å². The Morgan fingerprint density at radius 3 is 2.40 bits per heavy atom. The summed E-state index contributed by atoms with van der Waals surface area (Å²) in [5.41, 5.74) is -1.37. The molecule has 3 nitrogen and oxygen atoms in total. The average Bonchev–Trinajstić information content (AvgIpc) is 1.96. The normalized spacial score (nSPS) is 26.7. The second-order valence-electron chi connectivity index (χ2n) is 2.84. The minimum atomic E-state index is -1.37. The van der Waals surface area contributed by atoms with E-state index in [2.05, 4.69) is 0 Å². The van der Waals surface area contributed by atoms with Gasteiger partial charge in [0.1, 0.15) is 5.67 Å².